The van der Waals surface area contributed by atoms with Gasteiger partial charge in [-0.3, -0.25) is 5.32 Å². The Bertz CT molecular complexity index is 635. The Hall–Kier alpha value is -1.95. The maximum absolute atomic E-state index is 5.82. The summed E-state index contributed by atoms with van der Waals surface area (Å²) in [7, 11) is 0. The number of nitrogens with zero attached hydrogens (tertiary/aromatic N) is 2. The van der Waals surface area contributed by atoms with Crippen LogP contribution in [0.1, 0.15) is 11.1 Å². The molecule has 5 N–H and O–H groups in total. The van der Waals surface area contributed by atoms with Gasteiger partial charge in [-0.05, 0) is 35.4 Å². The fourth-order valence-corrected chi connectivity index (χ4v) is 1.99. The first kappa shape index (κ1) is 20.1. The third kappa shape index (κ3) is 7.08. The summed E-state index contributed by atoms with van der Waals surface area (Å²) >= 11 is 11.6. The Morgan fingerprint density at radius 2 is 1.08 bits per heavy atom. The SMILES string of the molecule is Cl.NC(=NCc1ccc(Cl)cc1)NC(N)=NCc1ccc(Cl)cc1. The van der Waals surface area contributed by atoms with Crippen LogP contribution in [0.15, 0.2) is 58.5 Å². The van der Waals surface area contributed by atoms with Crippen molar-refractivity contribution in [3.63, 3.8) is 0 Å². The van der Waals surface area contributed by atoms with E-state index in [-0.39, 0.29) is 24.3 Å². The molecule has 0 unspecified atom stereocenters. The summed E-state index contributed by atoms with van der Waals surface area (Å²) in [4.78, 5) is 8.39. The number of guanidine groups is 2. The van der Waals surface area contributed by atoms with Crippen LogP contribution in [-0.4, -0.2) is 11.9 Å². The minimum Gasteiger partial charge on any atom is -0.370 e. The first-order valence-corrected chi connectivity index (χ1v) is 7.64. The van der Waals surface area contributed by atoms with E-state index >= 15 is 0 Å². The highest BCUT2D eigenvalue weighted by Crippen LogP contribution is 2.10. The van der Waals surface area contributed by atoms with Gasteiger partial charge >= 0.3 is 0 Å². The van der Waals surface area contributed by atoms with Gasteiger partial charge in [-0.15, -0.1) is 12.4 Å². The van der Waals surface area contributed by atoms with Gasteiger partial charge in [0.2, 0.25) is 0 Å². The Kier molecular flexibility index (Phi) is 8.40. The monoisotopic (exact) mass is 385 g/mol. The van der Waals surface area contributed by atoms with Crippen LogP contribution in [-0.2, 0) is 13.1 Å². The molecule has 0 amide bonds. The molecular formula is C16H18Cl3N5. The van der Waals surface area contributed by atoms with Crippen molar-refractivity contribution in [1.82, 2.24) is 5.32 Å². The van der Waals surface area contributed by atoms with Gasteiger partial charge < -0.3 is 11.5 Å². The molecular weight excluding hydrogens is 369 g/mol. The summed E-state index contributed by atoms with van der Waals surface area (Å²) in [5, 5.41) is 4.11. The molecule has 128 valence electrons. The molecule has 0 aliphatic heterocycles. The number of hydrogen-bond acceptors (Lipinski definition) is 2. The van der Waals surface area contributed by atoms with E-state index in [9.17, 15) is 0 Å². The fraction of sp³-hybridized carbons (Fsp3) is 0.125. The lowest BCUT2D eigenvalue weighted by atomic mass is 10.2. The van der Waals surface area contributed by atoms with E-state index in [0.717, 1.165) is 11.1 Å². The molecule has 0 radical (unpaired) electrons. The normalized spacial score (nSPS) is 11.8. The zero-order chi connectivity index (χ0) is 16.7. The summed E-state index contributed by atoms with van der Waals surface area (Å²) in [6.45, 7) is 0.862. The van der Waals surface area contributed by atoms with Crippen molar-refractivity contribution in [1.29, 1.82) is 0 Å². The molecule has 0 heterocycles. The summed E-state index contributed by atoms with van der Waals surface area (Å²) < 4.78 is 0. The van der Waals surface area contributed by atoms with Crippen LogP contribution in [0, 0.1) is 0 Å². The highest BCUT2D eigenvalue weighted by Gasteiger charge is 1.97. The Balaban J connectivity index is 0.00000288. The molecule has 2 aromatic carbocycles. The van der Waals surface area contributed by atoms with Gasteiger partial charge in [0.05, 0.1) is 13.1 Å². The van der Waals surface area contributed by atoms with E-state index in [1.54, 1.807) is 24.3 Å². The molecule has 0 saturated carbocycles. The number of rotatable bonds is 4. The summed E-state index contributed by atoms with van der Waals surface area (Å²) in [6.07, 6.45) is 0. The number of nitrogens with two attached hydrogens (primary N) is 2. The molecule has 5 nitrogen and oxygen atoms in total. The molecule has 0 fully saturated rings. The van der Waals surface area contributed by atoms with Crippen molar-refractivity contribution in [3.8, 4) is 0 Å². The Labute approximate surface area is 157 Å². The van der Waals surface area contributed by atoms with Crippen molar-refractivity contribution >= 4 is 47.5 Å². The lowest BCUT2D eigenvalue weighted by Crippen LogP contribution is -2.41. The van der Waals surface area contributed by atoms with Crippen LogP contribution in [0.2, 0.25) is 10.0 Å². The van der Waals surface area contributed by atoms with E-state index in [1.165, 1.54) is 0 Å². The summed E-state index contributed by atoms with van der Waals surface area (Å²) in [5.74, 6) is 0.412. The maximum atomic E-state index is 5.82. The standard InChI is InChI=1S/C16H17Cl2N5.ClH/c17-13-5-1-11(2-6-13)9-21-15(19)23-16(20)22-10-12-3-7-14(18)8-4-12;/h1-8H,9-10H2,(H5,19,20,21,22,23);1H. The second kappa shape index (κ2) is 10.0. The second-order valence-electron chi connectivity index (χ2n) is 4.78. The largest absolute Gasteiger partial charge is 0.370 e. The van der Waals surface area contributed by atoms with Crippen LogP contribution in [0.5, 0.6) is 0 Å². The third-order valence-corrected chi connectivity index (χ3v) is 3.45. The molecule has 0 bridgehead atoms. The van der Waals surface area contributed by atoms with Gasteiger partial charge in [-0.1, -0.05) is 47.5 Å². The van der Waals surface area contributed by atoms with Crippen LogP contribution < -0.4 is 16.8 Å². The third-order valence-electron chi connectivity index (χ3n) is 2.95. The highest BCUT2D eigenvalue weighted by atomic mass is 35.5. The molecule has 8 heteroatoms. The molecule has 0 atom stereocenters. The van der Waals surface area contributed by atoms with Gasteiger partial charge in [0.25, 0.3) is 0 Å². The molecule has 2 rings (SSSR count). The zero-order valence-corrected chi connectivity index (χ0v) is 15.1. The van der Waals surface area contributed by atoms with Crippen molar-refractivity contribution < 1.29 is 0 Å². The number of halogens is 3. The topological polar surface area (TPSA) is 88.8 Å². The zero-order valence-electron chi connectivity index (χ0n) is 12.7. The molecule has 0 aliphatic carbocycles. The van der Waals surface area contributed by atoms with Crippen LogP contribution in [0.3, 0.4) is 0 Å². The van der Waals surface area contributed by atoms with E-state index < -0.39 is 0 Å². The van der Waals surface area contributed by atoms with E-state index in [1.807, 2.05) is 24.3 Å². The van der Waals surface area contributed by atoms with Gasteiger partial charge in [0, 0.05) is 10.0 Å². The predicted octanol–water partition coefficient (Wildman–Crippen LogP) is 3.33. The van der Waals surface area contributed by atoms with E-state index in [4.69, 9.17) is 34.7 Å². The Morgan fingerprint density at radius 1 is 0.750 bits per heavy atom. The van der Waals surface area contributed by atoms with Gasteiger partial charge in [-0.25, -0.2) is 9.98 Å². The number of nitrogens with one attached hydrogen (secondary N) is 1. The summed E-state index contributed by atoms with van der Waals surface area (Å²) in [6, 6.07) is 14.8. The molecule has 24 heavy (non-hydrogen) atoms. The predicted molar refractivity (Wildman–Crippen MR) is 104 cm³/mol. The number of aliphatic imine (C=N–C) groups is 2. The average Bonchev–Trinajstić information content (AvgIpc) is 2.54. The van der Waals surface area contributed by atoms with E-state index in [0.29, 0.717) is 23.1 Å². The smallest absolute Gasteiger partial charge is 0.195 e. The van der Waals surface area contributed by atoms with Crippen molar-refractivity contribution in [2.45, 2.75) is 13.1 Å². The van der Waals surface area contributed by atoms with Gasteiger partial charge in [0.1, 0.15) is 0 Å². The molecule has 0 saturated heterocycles. The molecule has 2 aromatic rings. The number of hydrogen-bond donors (Lipinski definition) is 3. The van der Waals surface area contributed by atoms with E-state index in [2.05, 4.69) is 15.3 Å². The second-order valence-corrected chi connectivity index (χ2v) is 5.65. The van der Waals surface area contributed by atoms with Gasteiger partial charge in [-0.2, -0.15) is 0 Å². The van der Waals surface area contributed by atoms with Crippen molar-refractivity contribution in [2.75, 3.05) is 0 Å². The van der Waals surface area contributed by atoms with Crippen molar-refractivity contribution in [3.05, 3.63) is 69.7 Å². The summed E-state index contributed by atoms with van der Waals surface area (Å²) in [5.41, 5.74) is 13.5. The van der Waals surface area contributed by atoms with Crippen LogP contribution in [0.25, 0.3) is 0 Å². The Morgan fingerprint density at radius 3 is 1.42 bits per heavy atom. The van der Waals surface area contributed by atoms with Crippen LogP contribution in [0.4, 0.5) is 0 Å². The molecule has 0 aromatic heterocycles. The minimum atomic E-state index is 0. The quantitative estimate of drug-likeness (QED) is 0.556. The lowest BCUT2D eigenvalue weighted by Gasteiger charge is -2.05. The molecule has 0 aliphatic rings. The molecule has 0 spiro atoms. The first-order valence-electron chi connectivity index (χ1n) is 6.88. The maximum Gasteiger partial charge on any atom is 0.195 e. The first-order chi connectivity index (χ1) is 11.0. The van der Waals surface area contributed by atoms with Crippen LogP contribution >= 0.6 is 35.6 Å². The number of benzene rings is 2. The lowest BCUT2D eigenvalue weighted by molar-refractivity contribution is 1.01. The highest BCUT2D eigenvalue weighted by molar-refractivity contribution is 6.30. The minimum absolute atomic E-state index is 0. The van der Waals surface area contributed by atoms with Gasteiger partial charge in [0.15, 0.2) is 11.9 Å². The van der Waals surface area contributed by atoms with Crippen molar-refractivity contribution in [2.24, 2.45) is 21.5 Å². The average molecular weight is 387 g/mol. The fourth-order valence-electron chi connectivity index (χ4n) is 1.74.